The van der Waals surface area contributed by atoms with Gasteiger partial charge < -0.3 is 30.9 Å². The molecule has 0 radical (unpaired) electrons. The predicted molar refractivity (Wildman–Crippen MR) is 225 cm³/mol. The number of rotatable bonds is 13. The van der Waals surface area contributed by atoms with Crippen molar-refractivity contribution in [2.45, 2.75) is 97.9 Å². The van der Waals surface area contributed by atoms with E-state index in [-0.39, 0.29) is 48.3 Å². The summed E-state index contributed by atoms with van der Waals surface area (Å²) < 4.78 is 65.3. The molecule has 13 nitrogen and oxygen atoms in total. The number of nitrogens with zero attached hydrogens (tertiary/aromatic N) is 3. The quantitative estimate of drug-likeness (QED) is 0.119. The van der Waals surface area contributed by atoms with Gasteiger partial charge in [-0.1, -0.05) is 78.0 Å². The molecule has 4 N–H and O–H groups in total. The fourth-order valence-corrected chi connectivity index (χ4v) is 7.37. The topological polar surface area (TPSA) is 163 Å². The molecule has 0 saturated carbocycles. The number of nitrogens with one attached hydrogen (secondary N) is 4. The Balaban J connectivity index is 1.28. The molecule has 0 spiro atoms. The molecule has 17 heteroatoms. The van der Waals surface area contributed by atoms with Crippen LogP contribution in [0.2, 0.25) is 0 Å². The number of aliphatic imine (C=N–C) groups is 1. The molecule has 3 aliphatic rings. The predicted octanol–water partition coefficient (Wildman–Crippen LogP) is 7.44. The number of methoxy groups -OCH3 is 1. The molecule has 3 heterocycles. The van der Waals surface area contributed by atoms with Crippen LogP contribution in [0.1, 0.15) is 78.4 Å². The van der Waals surface area contributed by atoms with Crippen LogP contribution >= 0.6 is 0 Å². The SMILES string of the molecule is COC(=O)NC(C(=O)N1CC(F)CC1C1=NC=C(c2ccc(C3=CC=C(C(=O)Nc4ccc(NCCNC(=O)C(C)(C)C)nc4)CC3OC(F)(F)F)cc2)CCC1C)C(C)C. The summed E-state index contributed by atoms with van der Waals surface area (Å²) in [6, 6.07) is 8.67. The molecular formula is C44H55F4N7O6. The molecule has 1 fully saturated rings. The van der Waals surface area contributed by atoms with Crippen molar-refractivity contribution in [3.63, 3.8) is 0 Å². The van der Waals surface area contributed by atoms with Gasteiger partial charge in [0.2, 0.25) is 11.8 Å². The van der Waals surface area contributed by atoms with E-state index in [9.17, 15) is 36.7 Å². The van der Waals surface area contributed by atoms with E-state index in [2.05, 4.69) is 31.0 Å². The maximum absolute atomic E-state index is 15.0. The number of allylic oxidation sites excluding steroid dienone is 3. The standard InChI is InChI=1S/C44H55F4N7O6/c1-25(2)37(54-42(59)60-7)40(57)55-24-31(45)21-34(55)38-26(3)8-9-30(22-52-38)27-10-12-28(13-11-27)33-16-14-29(20-35(33)61-44(46,47)48)39(56)53-32-15-17-36(51-23-32)49-18-19-50-41(58)43(4,5)6/h10-17,22-23,25-26,31,34-35,37H,8-9,18-21,24H2,1-7H3,(H,49,51)(H,50,58)(H,53,56)(H,54,59). The van der Waals surface area contributed by atoms with Crippen molar-refractivity contribution in [3.05, 3.63) is 77.6 Å². The first-order chi connectivity index (χ1) is 28.7. The minimum atomic E-state index is -4.97. The minimum Gasteiger partial charge on any atom is -0.453 e. The lowest BCUT2D eigenvalue weighted by atomic mass is 9.88. The lowest BCUT2D eigenvalue weighted by Crippen LogP contribution is -2.54. The summed E-state index contributed by atoms with van der Waals surface area (Å²) in [4.78, 5) is 61.5. The second-order valence-corrected chi connectivity index (χ2v) is 16.8. The lowest BCUT2D eigenvalue weighted by Gasteiger charge is -2.32. The molecule has 1 saturated heterocycles. The van der Waals surface area contributed by atoms with Gasteiger partial charge in [0.1, 0.15) is 18.0 Å². The Kier molecular flexibility index (Phi) is 15.1. The summed E-state index contributed by atoms with van der Waals surface area (Å²) in [5.74, 6) is -0.976. The number of ether oxygens (including phenoxy) is 2. The Labute approximate surface area is 353 Å². The molecule has 5 rings (SSSR count). The van der Waals surface area contributed by atoms with Gasteiger partial charge in [-0.05, 0) is 59.1 Å². The molecule has 1 aromatic heterocycles. The average Bonchev–Trinajstić information content (AvgIpc) is 3.48. The van der Waals surface area contributed by atoms with E-state index < -0.39 is 54.0 Å². The van der Waals surface area contributed by atoms with Gasteiger partial charge in [-0.2, -0.15) is 0 Å². The molecule has 2 aromatic rings. The number of hydrogen-bond donors (Lipinski definition) is 4. The van der Waals surface area contributed by atoms with Crippen LogP contribution in [0, 0.1) is 17.3 Å². The number of amides is 4. The molecule has 4 amide bonds. The van der Waals surface area contributed by atoms with E-state index in [1.54, 1.807) is 56.4 Å². The van der Waals surface area contributed by atoms with Gasteiger partial charge in [-0.25, -0.2) is 14.2 Å². The number of alkyl halides is 4. The van der Waals surface area contributed by atoms with Crippen LogP contribution in [-0.2, 0) is 23.9 Å². The number of aromatic nitrogens is 1. The van der Waals surface area contributed by atoms with Gasteiger partial charge in [-0.15, -0.1) is 13.2 Å². The number of halogens is 4. The number of carbonyl (C=O) groups excluding carboxylic acids is 4. The van der Waals surface area contributed by atoms with Gasteiger partial charge in [0, 0.05) is 48.8 Å². The second kappa shape index (κ2) is 19.9. The van der Waals surface area contributed by atoms with Gasteiger partial charge in [0.05, 0.1) is 37.7 Å². The van der Waals surface area contributed by atoms with E-state index in [0.29, 0.717) is 48.7 Å². The number of likely N-dealkylation sites (tertiary alicyclic amines) is 1. The molecule has 330 valence electrons. The summed E-state index contributed by atoms with van der Waals surface area (Å²) in [5.41, 5.74) is 2.93. The molecule has 1 aromatic carbocycles. The highest BCUT2D eigenvalue weighted by Crippen LogP contribution is 2.37. The Morgan fingerprint density at radius 3 is 2.31 bits per heavy atom. The van der Waals surface area contributed by atoms with Gasteiger partial charge in [-0.3, -0.25) is 24.1 Å². The smallest absolute Gasteiger partial charge is 0.453 e. The lowest BCUT2D eigenvalue weighted by molar-refractivity contribution is -0.334. The van der Waals surface area contributed by atoms with Crippen molar-refractivity contribution in [3.8, 4) is 0 Å². The van der Waals surface area contributed by atoms with Crippen molar-refractivity contribution >= 4 is 52.2 Å². The Morgan fingerprint density at radius 2 is 1.69 bits per heavy atom. The third kappa shape index (κ3) is 12.5. The molecule has 5 atom stereocenters. The van der Waals surface area contributed by atoms with Crippen molar-refractivity contribution < 1.29 is 46.2 Å². The second-order valence-electron chi connectivity index (χ2n) is 16.8. The monoisotopic (exact) mass is 853 g/mol. The molecular weight excluding hydrogens is 799 g/mol. The van der Waals surface area contributed by atoms with Crippen LogP contribution in [0.15, 0.2) is 71.5 Å². The highest BCUT2D eigenvalue weighted by atomic mass is 19.4. The Morgan fingerprint density at radius 1 is 0.984 bits per heavy atom. The average molecular weight is 854 g/mol. The first-order valence-electron chi connectivity index (χ1n) is 20.3. The number of anilines is 2. The number of pyridine rings is 1. The normalized spacial score (nSPS) is 21.3. The maximum Gasteiger partial charge on any atom is 0.523 e. The van der Waals surface area contributed by atoms with Crippen LogP contribution < -0.4 is 21.3 Å². The van der Waals surface area contributed by atoms with Crippen LogP contribution in [-0.4, -0.2) is 96.9 Å². The third-order valence-corrected chi connectivity index (χ3v) is 10.8. The fourth-order valence-electron chi connectivity index (χ4n) is 7.37. The van der Waals surface area contributed by atoms with Crippen molar-refractivity contribution in [1.82, 2.24) is 20.5 Å². The number of hydrogen-bond acceptors (Lipinski definition) is 9. The molecule has 2 aliphatic heterocycles. The van der Waals surface area contributed by atoms with Crippen LogP contribution in [0.3, 0.4) is 0 Å². The zero-order chi connectivity index (χ0) is 44.6. The first-order valence-corrected chi connectivity index (χ1v) is 20.3. The fraction of sp³-hybridized carbons (Fsp3) is 0.500. The largest absolute Gasteiger partial charge is 0.523 e. The minimum absolute atomic E-state index is 0.0774. The number of benzene rings is 1. The highest BCUT2D eigenvalue weighted by Gasteiger charge is 2.43. The zero-order valence-electron chi connectivity index (χ0n) is 35.5. The summed E-state index contributed by atoms with van der Waals surface area (Å²) in [6.07, 6.45) is -1.47. The molecule has 61 heavy (non-hydrogen) atoms. The molecule has 1 aliphatic carbocycles. The van der Waals surface area contributed by atoms with E-state index in [1.165, 1.54) is 30.4 Å². The maximum atomic E-state index is 15.0. The van der Waals surface area contributed by atoms with E-state index in [0.717, 1.165) is 11.1 Å². The summed E-state index contributed by atoms with van der Waals surface area (Å²) in [7, 11) is 1.20. The third-order valence-electron chi connectivity index (χ3n) is 10.8. The summed E-state index contributed by atoms with van der Waals surface area (Å²) >= 11 is 0. The van der Waals surface area contributed by atoms with Crippen molar-refractivity contribution in [2.75, 3.05) is 37.4 Å². The van der Waals surface area contributed by atoms with Crippen LogP contribution in [0.25, 0.3) is 11.1 Å². The van der Waals surface area contributed by atoms with Crippen LogP contribution in [0.5, 0.6) is 0 Å². The number of alkyl carbamates (subject to hydrolysis) is 1. The Bertz CT molecular complexity index is 2040. The molecule has 0 bridgehead atoms. The van der Waals surface area contributed by atoms with E-state index >= 15 is 0 Å². The van der Waals surface area contributed by atoms with E-state index in [4.69, 9.17) is 9.73 Å². The Hall–Kier alpha value is -5.58. The van der Waals surface area contributed by atoms with Gasteiger partial charge in [0.25, 0.3) is 5.91 Å². The summed E-state index contributed by atoms with van der Waals surface area (Å²) in [6.45, 7) is 11.7. The van der Waals surface area contributed by atoms with Crippen molar-refractivity contribution in [1.29, 1.82) is 0 Å². The molecule has 5 unspecified atom stereocenters. The zero-order valence-corrected chi connectivity index (χ0v) is 35.5. The van der Waals surface area contributed by atoms with Crippen molar-refractivity contribution in [2.24, 2.45) is 22.2 Å². The first kappa shape index (κ1) is 46.5. The number of carbonyl (C=O) groups is 4. The highest BCUT2D eigenvalue weighted by molar-refractivity contribution is 6.05. The summed E-state index contributed by atoms with van der Waals surface area (Å²) in [5, 5.41) is 11.2. The van der Waals surface area contributed by atoms with Gasteiger partial charge in [0.15, 0.2) is 0 Å². The van der Waals surface area contributed by atoms with E-state index in [1.807, 2.05) is 27.7 Å². The van der Waals surface area contributed by atoms with Gasteiger partial charge >= 0.3 is 12.5 Å². The van der Waals surface area contributed by atoms with Crippen LogP contribution in [0.4, 0.5) is 33.9 Å².